The van der Waals surface area contributed by atoms with Gasteiger partial charge in [0.2, 0.25) is 0 Å². The molecule has 0 amide bonds. The summed E-state index contributed by atoms with van der Waals surface area (Å²) >= 11 is 1.98. The third-order valence-corrected chi connectivity index (χ3v) is 2.10. The first-order chi connectivity index (χ1) is 4.43. The Morgan fingerprint density at radius 3 is 3.11 bits per heavy atom. The second-order valence-corrected chi connectivity index (χ2v) is 3.40. The molecule has 1 rings (SSSR count). The maximum atomic E-state index is 5.29. The van der Waals surface area contributed by atoms with Gasteiger partial charge >= 0.3 is 0 Å². The molecular weight excluding hydrogens is 132 g/mol. The summed E-state index contributed by atoms with van der Waals surface area (Å²) in [6, 6.07) is 0. The summed E-state index contributed by atoms with van der Waals surface area (Å²) in [7, 11) is 0. The van der Waals surface area contributed by atoms with Crippen LogP contribution in [-0.2, 0) is 4.74 Å². The molecule has 9 heavy (non-hydrogen) atoms. The molecule has 0 aromatic rings. The van der Waals surface area contributed by atoms with Gasteiger partial charge in [0.25, 0.3) is 0 Å². The van der Waals surface area contributed by atoms with Crippen molar-refractivity contribution in [1.82, 2.24) is 0 Å². The van der Waals surface area contributed by atoms with Crippen LogP contribution in [0.3, 0.4) is 0 Å². The zero-order chi connectivity index (χ0) is 6.53. The highest BCUT2D eigenvalue weighted by molar-refractivity contribution is 8.06. The highest BCUT2D eigenvalue weighted by Crippen LogP contribution is 2.29. The lowest BCUT2D eigenvalue weighted by atomic mass is 10.5. The Bertz CT molecular complexity index is 97.1. The van der Waals surface area contributed by atoms with Crippen molar-refractivity contribution in [2.45, 2.75) is 12.2 Å². The lowest BCUT2D eigenvalue weighted by Gasteiger charge is -1.94. The van der Waals surface area contributed by atoms with Gasteiger partial charge in [-0.25, -0.2) is 0 Å². The number of hydrogen-bond donors (Lipinski definition) is 0. The molecule has 1 unspecified atom stereocenters. The third-order valence-electron chi connectivity index (χ3n) is 1.16. The van der Waals surface area contributed by atoms with Crippen LogP contribution in [0.2, 0.25) is 0 Å². The first kappa shape index (κ1) is 7.16. The Morgan fingerprint density at radius 1 is 1.78 bits per heavy atom. The summed E-state index contributed by atoms with van der Waals surface area (Å²) in [5, 5.41) is 0.815. The van der Waals surface area contributed by atoms with E-state index >= 15 is 0 Å². The number of rotatable bonds is 4. The fourth-order valence-electron chi connectivity index (χ4n) is 0.528. The molecule has 0 saturated carbocycles. The normalized spacial score (nSPS) is 25.2. The topological polar surface area (TPSA) is 9.23 Å². The molecule has 1 atom stereocenters. The van der Waals surface area contributed by atoms with Crippen LogP contribution >= 0.6 is 11.8 Å². The first-order valence-corrected chi connectivity index (χ1v) is 4.29. The Labute approximate surface area is 60.5 Å². The average molecular weight is 144 g/mol. The van der Waals surface area contributed by atoms with Gasteiger partial charge in [-0.2, -0.15) is 11.8 Å². The fraction of sp³-hybridized carbons (Fsp3) is 0.714. The van der Waals surface area contributed by atoms with Crippen LogP contribution in [-0.4, -0.2) is 24.2 Å². The Kier molecular flexibility index (Phi) is 3.15. The van der Waals surface area contributed by atoms with E-state index < -0.39 is 0 Å². The van der Waals surface area contributed by atoms with Crippen LogP contribution < -0.4 is 0 Å². The maximum absolute atomic E-state index is 5.29. The SMILES string of the molecule is C/C=C/COCC1CS1. The van der Waals surface area contributed by atoms with Crippen molar-refractivity contribution in [3.05, 3.63) is 12.2 Å². The standard InChI is InChI=1S/C7H12OS/c1-2-3-4-8-5-7-6-9-7/h2-3,7H,4-6H2,1H3/b3-2+. The zero-order valence-corrected chi connectivity index (χ0v) is 6.49. The molecule has 1 saturated heterocycles. The minimum Gasteiger partial charge on any atom is -0.376 e. The van der Waals surface area contributed by atoms with Gasteiger partial charge in [-0.1, -0.05) is 12.2 Å². The van der Waals surface area contributed by atoms with Gasteiger partial charge < -0.3 is 4.74 Å². The van der Waals surface area contributed by atoms with E-state index in [2.05, 4.69) is 0 Å². The highest BCUT2D eigenvalue weighted by Gasteiger charge is 2.21. The molecule has 52 valence electrons. The number of ether oxygens (including phenoxy) is 1. The Morgan fingerprint density at radius 2 is 2.56 bits per heavy atom. The van der Waals surface area contributed by atoms with E-state index in [4.69, 9.17) is 4.74 Å². The van der Waals surface area contributed by atoms with Crippen LogP contribution in [0.1, 0.15) is 6.92 Å². The third kappa shape index (κ3) is 3.60. The van der Waals surface area contributed by atoms with Crippen molar-refractivity contribution in [2.75, 3.05) is 19.0 Å². The van der Waals surface area contributed by atoms with Crippen LogP contribution in [0, 0.1) is 0 Å². The van der Waals surface area contributed by atoms with Gasteiger partial charge in [0.1, 0.15) is 0 Å². The van der Waals surface area contributed by atoms with Crippen molar-refractivity contribution < 1.29 is 4.74 Å². The number of allylic oxidation sites excluding steroid dienone is 1. The molecule has 1 aliphatic rings. The van der Waals surface area contributed by atoms with E-state index in [1.54, 1.807) is 0 Å². The summed E-state index contributed by atoms with van der Waals surface area (Å²) < 4.78 is 5.29. The molecule has 0 aromatic heterocycles. The summed E-state index contributed by atoms with van der Waals surface area (Å²) in [4.78, 5) is 0. The largest absolute Gasteiger partial charge is 0.376 e. The minimum atomic E-state index is 0.785. The zero-order valence-electron chi connectivity index (χ0n) is 5.67. The molecule has 1 fully saturated rings. The van der Waals surface area contributed by atoms with E-state index in [0.717, 1.165) is 18.5 Å². The smallest absolute Gasteiger partial charge is 0.0647 e. The summed E-state index contributed by atoms with van der Waals surface area (Å²) in [6.07, 6.45) is 4.05. The summed E-state index contributed by atoms with van der Waals surface area (Å²) in [6.45, 7) is 3.73. The van der Waals surface area contributed by atoms with Crippen molar-refractivity contribution in [2.24, 2.45) is 0 Å². The maximum Gasteiger partial charge on any atom is 0.0647 e. The average Bonchev–Trinajstić information content (AvgIpc) is 2.63. The predicted molar refractivity (Wildman–Crippen MR) is 41.9 cm³/mol. The second-order valence-electron chi connectivity index (χ2n) is 2.06. The van der Waals surface area contributed by atoms with Crippen molar-refractivity contribution in [3.8, 4) is 0 Å². The first-order valence-electron chi connectivity index (χ1n) is 3.24. The predicted octanol–water partition coefficient (Wildman–Crippen LogP) is 1.69. The van der Waals surface area contributed by atoms with Gasteiger partial charge in [0.15, 0.2) is 0 Å². The quantitative estimate of drug-likeness (QED) is 0.337. The van der Waals surface area contributed by atoms with Crippen LogP contribution in [0.4, 0.5) is 0 Å². The van der Waals surface area contributed by atoms with Gasteiger partial charge in [-0.05, 0) is 6.92 Å². The second kappa shape index (κ2) is 3.96. The minimum absolute atomic E-state index is 0.785. The number of hydrogen-bond acceptors (Lipinski definition) is 2. The highest BCUT2D eigenvalue weighted by atomic mass is 32.2. The molecule has 0 bridgehead atoms. The van der Waals surface area contributed by atoms with E-state index in [1.807, 2.05) is 30.8 Å². The van der Waals surface area contributed by atoms with Gasteiger partial charge in [0, 0.05) is 11.0 Å². The molecule has 1 aliphatic heterocycles. The summed E-state index contributed by atoms with van der Waals surface area (Å²) in [5.74, 6) is 1.30. The lowest BCUT2D eigenvalue weighted by Crippen LogP contribution is -1.99. The Balaban J connectivity index is 1.81. The van der Waals surface area contributed by atoms with Crippen LogP contribution in [0.5, 0.6) is 0 Å². The van der Waals surface area contributed by atoms with E-state index in [1.165, 1.54) is 5.75 Å². The fourth-order valence-corrected chi connectivity index (χ4v) is 0.953. The molecule has 0 aliphatic carbocycles. The molecule has 0 aromatic carbocycles. The molecule has 1 nitrogen and oxygen atoms in total. The molecule has 0 spiro atoms. The van der Waals surface area contributed by atoms with Gasteiger partial charge in [-0.15, -0.1) is 0 Å². The van der Waals surface area contributed by atoms with E-state index in [0.29, 0.717) is 0 Å². The van der Waals surface area contributed by atoms with Crippen molar-refractivity contribution in [1.29, 1.82) is 0 Å². The molecule has 0 radical (unpaired) electrons. The lowest BCUT2D eigenvalue weighted by molar-refractivity contribution is 0.171. The van der Waals surface area contributed by atoms with E-state index in [-0.39, 0.29) is 0 Å². The van der Waals surface area contributed by atoms with Gasteiger partial charge in [-0.3, -0.25) is 0 Å². The molecule has 1 heterocycles. The van der Waals surface area contributed by atoms with E-state index in [9.17, 15) is 0 Å². The van der Waals surface area contributed by atoms with Gasteiger partial charge in [0.05, 0.1) is 13.2 Å². The monoisotopic (exact) mass is 144 g/mol. The van der Waals surface area contributed by atoms with Crippen molar-refractivity contribution in [3.63, 3.8) is 0 Å². The van der Waals surface area contributed by atoms with Crippen molar-refractivity contribution >= 4 is 11.8 Å². The van der Waals surface area contributed by atoms with Crippen LogP contribution in [0.25, 0.3) is 0 Å². The summed E-state index contributed by atoms with van der Waals surface area (Å²) in [5.41, 5.74) is 0. The molecular formula is C7H12OS. The molecule has 2 heteroatoms. The molecule has 0 N–H and O–H groups in total. The Hall–Kier alpha value is 0.0500. The number of thioether (sulfide) groups is 1. The van der Waals surface area contributed by atoms with Crippen LogP contribution in [0.15, 0.2) is 12.2 Å².